The van der Waals surface area contributed by atoms with Crippen molar-refractivity contribution in [1.82, 2.24) is 9.55 Å². The molecule has 0 fully saturated rings. The first-order valence-corrected chi connectivity index (χ1v) is 7.07. The first-order chi connectivity index (χ1) is 9.16. The van der Waals surface area contributed by atoms with Crippen LogP contribution in [0, 0.1) is 0 Å². The maximum Gasteiger partial charge on any atom is 0.0954 e. The van der Waals surface area contributed by atoms with Gasteiger partial charge in [0.2, 0.25) is 0 Å². The van der Waals surface area contributed by atoms with Crippen LogP contribution >= 0.6 is 0 Å². The van der Waals surface area contributed by atoms with E-state index in [4.69, 9.17) is 5.73 Å². The molecular weight excluding hydrogens is 234 g/mol. The number of nitrogens with two attached hydrogens (primary N) is 1. The van der Waals surface area contributed by atoms with Gasteiger partial charge in [-0.3, -0.25) is 0 Å². The Hall–Kier alpha value is -1.77. The lowest BCUT2D eigenvalue weighted by molar-refractivity contribution is 0.471. The molecule has 0 radical (unpaired) electrons. The zero-order valence-electron chi connectivity index (χ0n) is 11.6. The van der Waals surface area contributed by atoms with Crippen LogP contribution in [0.15, 0.2) is 30.7 Å². The van der Waals surface area contributed by atoms with Crippen molar-refractivity contribution in [2.75, 3.05) is 5.73 Å². The van der Waals surface area contributed by atoms with Crippen LogP contribution in [0.1, 0.15) is 55.5 Å². The van der Waals surface area contributed by atoms with Crippen LogP contribution in [0.4, 0.5) is 5.69 Å². The minimum absolute atomic E-state index is 0.421. The van der Waals surface area contributed by atoms with Crippen LogP contribution in [-0.2, 0) is 6.42 Å². The Kier molecular flexibility index (Phi) is 3.05. The number of imidazole rings is 1. The zero-order valence-corrected chi connectivity index (χ0v) is 11.6. The summed E-state index contributed by atoms with van der Waals surface area (Å²) < 4.78 is 2.35. The first-order valence-electron chi connectivity index (χ1n) is 7.07. The van der Waals surface area contributed by atoms with Gasteiger partial charge in [0.15, 0.2) is 0 Å². The predicted molar refractivity (Wildman–Crippen MR) is 78.2 cm³/mol. The molecule has 3 rings (SSSR count). The summed E-state index contributed by atoms with van der Waals surface area (Å²) in [6.45, 7) is 4.44. The fourth-order valence-electron chi connectivity index (χ4n) is 3.12. The van der Waals surface area contributed by atoms with E-state index in [2.05, 4.69) is 35.5 Å². The molecule has 0 spiro atoms. The first kappa shape index (κ1) is 12.3. The lowest BCUT2D eigenvalue weighted by Crippen LogP contribution is -2.19. The van der Waals surface area contributed by atoms with Crippen molar-refractivity contribution >= 4 is 5.69 Å². The van der Waals surface area contributed by atoms with Crippen molar-refractivity contribution in [3.05, 3.63) is 47.5 Å². The highest BCUT2D eigenvalue weighted by molar-refractivity contribution is 5.47. The van der Waals surface area contributed by atoms with Crippen molar-refractivity contribution in [1.29, 1.82) is 0 Å². The SMILES string of the molecule is CC(C)c1cncn1C1CCCc2cc(N)ccc21. The molecule has 19 heavy (non-hydrogen) atoms. The topological polar surface area (TPSA) is 43.8 Å². The van der Waals surface area contributed by atoms with Gasteiger partial charge in [0.1, 0.15) is 0 Å². The molecule has 0 bridgehead atoms. The number of fused-ring (bicyclic) bond motifs is 1. The Morgan fingerprint density at radius 1 is 1.37 bits per heavy atom. The summed E-state index contributed by atoms with van der Waals surface area (Å²) in [6.07, 6.45) is 7.52. The molecule has 1 aliphatic rings. The fraction of sp³-hybridized carbons (Fsp3) is 0.438. The molecule has 1 aromatic carbocycles. The van der Waals surface area contributed by atoms with E-state index in [1.54, 1.807) is 0 Å². The van der Waals surface area contributed by atoms with Gasteiger partial charge in [0.05, 0.1) is 12.4 Å². The van der Waals surface area contributed by atoms with Gasteiger partial charge >= 0.3 is 0 Å². The largest absolute Gasteiger partial charge is 0.399 e. The zero-order chi connectivity index (χ0) is 13.4. The molecule has 0 amide bonds. The van der Waals surface area contributed by atoms with Crippen molar-refractivity contribution < 1.29 is 0 Å². The second kappa shape index (κ2) is 4.72. The normalized spacial score (nSPS) is 18.6. The molecule has 3 heteroatoms. The van der Waals surface area contributed by atoms with E-state index in [-0.39, 0.29) is 0 Å². The van der Waals surface area contributed by atoms with Gasteiger partial charge in [-0.05, 0) is 48.4 Å². The monoisotopic (exact) mass is 255 g/mol. The Labute approximate surface area is 114 Å². The second-order valence-electron chi connectivity index (χ2n) is 5.75. The molecule has 1 unspecified atom stereocenters. The van der Waals surface area contributed by atoms with Crippen LogP contribution in [0.2, 0.25) is 0 Å². The number of hydrogen-bond donors (Lipinski definition) is 1. The average molecular weight is 255 g/mol. The summed E-state index contributed by atoms with van der Waals surface area (Å²) in [5, 5.41) is 0. The van der Waals surface area contributed by atoms with Crippen molar-refractivity contribution in [2.45, 2.75) is 45.1 Å². The van der Waals surface area contributed by atoms with E-state index in [1.807, 2.05) is 18.6 Å². The van der Waals surface area contributed by atoms with Crippen LogP contribution < -0.4 is 5.73 Å². The average Bonchev–Trinajstić information content (AvgIpc) is 2.86. The third kappa shape index (κ3) is 2.14. The maximum absolute atomic E-state index is 5.90. The Bertz CT molecular complexity index is 583. The predicted octanol–water partition coefficient (Wildman–Crippen LogP) is 3.51. The van der Waals surface area contributed by atoms with Crippen LogP contribution in [-0.4, -0.2) is 9.55 Å². The van der Waals surface area contributed by atoms with Gasteiger partial charge in [-0.2, -0.15) is 0 Å². The van der Waals surface area contributed by atoms with Gasteiger partial charge < -0.3 is 10.3 Å². The van der Waals surface area contributed by atoms with Crippen molar-refractivity contribution in [2.24, 2.45) is 0 Å². The van der Waals surface area contributed by atoms with Gasteiger partial charge in [0, 0.05) is 17.6 Å². The van der Waals surface area contributed by atoms with E-state index in [0.29, 0.717) is 12.0 Å². The molecule has 0 saturated heterocycles. The van der Waals surface area contributed by atoms with Gasteiger partial charge in [-0.25, -0.2) is 4.98 Å². The number of rotatable bonds is 2. The molecule has 1 aromatic heterocycles. The Morgan fingerprint density at radius 3 is 3.00 bits per heavy atom. The lowest BCUT2D eigenvalue weighted by atomic mass is 9.87. The van der Waals surface area contributed by atoms with E-state index in [0.717, 1.165) is 12.1 Å². The van der Waals surface area contributed by atoms with Crippen molar-refractivity contribution in [3.63, 3.8) is 0 Å². The second-order valence-corrected chi connectivity index (χ2v) is 5.75. The molecule has 2 N–H and O–H groups in total. The van der Waals surface area contributed by atoms with Crippen LogP contribution in [0.3, 0.4) is 0 Å². The van der Waals surface area contributed by atoms with Gasteiger partial charge in [-0.15, -0.1) is 0 Å². The third-order valence-corrected chi connectivity index (χ3v) is 4.07. The van der Waals surface area contributed by atoms with E-state index >= 15 is 0 Å². The van der Waals surface area contributed by atoms with Crippen LogP contribution in [0.25, 0.3) is 0 Å². The number of nitrogens with zero attached hydrogens (tertiary/aromatic N) is 2. The number of anilines is 1. The van der Waals surface area contributed by atoms with Crippen molar-refractivity contribution in [3.8, 4) is 0 Å². The minimum Gasteiger partial charge on any atom is -0.399 e. The molecule has 0 aliphatic heterocycles. The molecule has 100 valence electrons. The highest BCUT2D eigenvalue weighted by Crippen LogP contribution is 2.35. The lowest BCUT2D eigenvalue weighted by Gasteiger charge is -2.29. The standard InChI is InChI=1S/C16H21N3/c1-11(2)16-9-18-10-19(16)15-5-3-4-12-8-13(17)6-7-14(12)15/h6-11,15H,3-5,17H2,1-2H3. The molecule has 0 saturated carbocycles. The molecule has 1 heterocycles. The highest BCUT2D eigenvalue weighted by Gasteiger charge is 2.23. The summed E-state index contributed by atoms with van der Waals surface area (Å²) in [6, 6.07) is 6.76. The Balaban J connectivity index is 2.06. The highest BCUT2D eigenvalue weighted by atomic mass is 15.1. The molecule has 1 atom stereocenters. The maximum atomic E-state index is 5.90. The molecular formula is C16H21N3. The van der Waals surface area contributed by atoms with E-state index in [9.17, 15) is 0 Å². The quantitative estimate of drug-likeness (QED) is 0.834. The van der Waals surface area contributed by atoms with Gasteiger partial charge in [-0.1, -0.05) is 19.9 Å². The van der Waals surface area contributed by atoms with Gasteiger partial charge in [0.25, 0.3) is 0 Å². The van der Waals surface area contributed by atoms with Crippen LogP contribution in [0.5, 0.6) is 0 Å². The Morgan fingerprint density at radius 2 is 2.21 bits per heavy atom. The summed E-state index contributed by atoms with van der Waals surface area (Å²) in [7, 11) is 0. The fourth-order valence-corrected chi connectivity index (χ4v) is 3.12. The molecule has 2 aromatic rings. The summed E-state index contributed by atoms with van der Waals surface area (Å²) >= 11 is 0. The number of nitrogen functional groups attached to an aromatic ring is 1. The molecule has 1 aliphatic carbocycles. The van der Waals surface area contributed by atoms with E-state index in [1.165, 1.54) is 29.7 Å². The summed E-state index contributed by atoms with van der Waals surface area (Å²) in [4.78, 5) is 4.35. The smallest absolute Gasteiger partial charge is 0.0954 e. The number of aryl methyl sites for hydroxylation is 1. The number of hydrogen-bond acceptors (Lipinski definition) is 2. The number of benzene rings is 1. The summed E-state index contributed by atoms with van der Waals surface area (Å²) in [5.74, 6) is 0.502. The molecule has 3 nitrogen and oxygen atoms in total. The minimum atomic E-state index is 0.421. The number of aromatic nitrogens is 2. The summed E-state index contributed by atoms with van der Waals surface area (Å²) in [5.41, 5.74) is 10.9. The van der Waals surface area contributed by atoms with E-state index < -0.39 is 0 Å². The third-order valence-electron chi connectivity index (χ3n) is 4.07.